The van der Waals surface area contributed by atoms with Gasteiger partial charge in [-0.2, -0.15) is 0 Å². The standard InChI is InChI=1S/C24H25NO4/c1-4-15-9-11-16(12-10-15)18-13-24(23(28)29-3)21(20(18)14(2)26)17-7-5-6-8-19(17)25-22(24)27/h5-12,18,20-21H,4,13H2,1-3H3,(H,25,27)/t18-,20+,21-,24-/m1/s1. The van der Waals surface area contributed by atoms with Gasteiger partial charge in [0.05, 0.1) is 7.11 Å². The smallest absolute Gasteiger partial charge is 0.322 e. The van der Waals surface area contributed by atoms with Crippen LogP contribution in [0.5, 0.6) is 0 Å². The minimum absolute atomic E-state index is 0.0187. The van der Waals surface area contributed by atoms with E-state index in [1.807, 2.05) is 48.5 Å². The van der Waals surface area contributed by atoms with Crippen LogP contribution in [0.1, 0.15) is 48.8 Å². The summed E-state index contributed by atoms with van der Waals surface area (Å²) in [6, 6.07) is 15.6. The van der Waals surface area contributed by atoms with Crippen molar-refractivity contribution < 1.29 is 19.1 Å². The van der Waals surface area contributed by atoms with Gasteiger partial charge in [-0.1, -0.05) is 49.4 Å². The fourth-order valence-corrected chi connectivity index (χ4v) is 5.28. The molecule has 1 heterocycles. The van der Waals surface area contributed by atoms with Gasteiger partial charge >= 0.3 is 5.97 Å². The molecule has 0 unspecified atom stereocenters. The third-order valence-corrected chi connectivity index (χ3v) is 6.65. The van der Waals surface area contributed by atoms with Gasteiger partial charge in [-0.25, -0.2) is 0 Å². The van der Waals surface area contributed by atoms with Crippen molar-refractivity contribution in [1.29, 1.82) is 0 Å². The first-order valence-electron chi connectivity index (χ1n) is 10.0. The van der Waals surface area contributed by atoms with Gasteiger partial charge in [0.1, 0.15) is 5.78 Å². The number of nitrogens with one attached hydrogen (secondary N) is 1. The number of ketones is 1. The molecular weight excluding hydrogens is 366 g/mol. The van der Waals surface area contributed by atoms with Crippen molar-refractivity contribution in [3.8, 4) is 0 Å². The van der Waals surface area contributed by atoms with E-state index in [1.165, 1.54) is 12.7 Å². The summed E-state index contributed by atoms with van der Waals surface area (Å²) in [5, 5.41) is 2.89. The molecule has 0 radical (unpaired) electrons. The lowest BCUT2D eigenvalue weighted by atomic mass is 9.67. The fraction of sp³-hybridized carbons (Fsp3) is 0.375. The van der Waals surface area contributed by atoms with Crippen LogP contribution in [0.2, 0.25) is 0 Å². The Labute approximate surface area is 170 Å². The van der Waals surface area contributed by atoms with Crippen molar-refractivity contribution >= 4 is 23.3 Å². The van der Waals surface area contributed by atoms with Gasteiger partial charge in [-0.3, -0.25) is 14.4 Å². The SMILES string of the molecule is CCc1ccc([C@H]2C[C@]3(C(=O)OC)C(=O)Nc4ccccc4[C@@H]3[C@H]2C(C)=O)cc1. The third kappa shape index (κ3) is 2.79. The lowest BCUT2D eigenvalue weighted by molar-refractivity contribution is -0.158. The number of aryl methyl sites for hydroxylation is 1. The average molecular weight is 391 g/mol. The molecule has 1 N–H and O–H groups in total. The number of carbonyl (C=O) groups is 3. The summed E-state index contributed by atoms with van der Waals surface area (Å²) in [6.07, 6.45) is 1.17. The predicted molar refractivity (Wildman–Crippen MR) is 110 cm³/mol. The number of amides is 1. The number of para-hydroxylation sites is 1. The Balaban J connectivity index is 1.92. The normalized spacial score (nSPS) is 27.6. The van der Waals surface area contributed by atoms with Crippen LogP contribution in [0.25, 0.3) is 0 Å². The van der Waals surface area contributed by atoms with Crippen molar-refractivity contribution in [2.24, 2.45) is 11.3 Å². The average Bonchev–Trinajstić information content (AvgIpc) is 3.12. The minimum Gasteiger partial charge on any atom is -0.468 e. The van der Waals surface area contributed by atoms with Crippen molar-refractivity contribution in [3.05, 3.63) is 65.2 Å². The fourth-order valence-electron chi connectivity index (χ4n) is 5.28. The first-order valence-corrected chi connectivity index (χ1v) is 10.0. The highest BCUT2D eigenvalue weighted by Crippen LogP contribution is 2.62. The van der Waals surface area contributed by atoms with E-state index in [2.05, 4.69) is 12.2 Å². The van der Waals surface area contributed by atoms with E-state index in [9.17, 15) is 14.4 Å². The molecule has 2 aliphatic rings. The Hall–Kier alpha value is -2.95. The van der Waals surface area contributed by atoms with Gasteiger partial charge in [0.2, 0.25) is 5.91 Å². The van der Waals surface area contributed by atoms with Crippen LogP contribution in [-0.2, 0) is 25.5 Å². The summed E-state index contributed by atoms with van der Waals surface area (Å²) >= 11 is 0. The van der Waals surface area contributed by atoms with E-state index in [4.69, 9.17) is 4.74 Å². The Kier molecular flexibility index (Phi) is 4.77. The maximum atomic E-state index is 13.3. The van der Waals surface area contributed by atoms with E-state index >= 15 is 0 Å². The van der Waals surface area contributed by atoms with Crippen molar-refractivity contribution in [3.63, 3.8) is 0 Å². The highest BCUT2D eigenvalue weighted by Gasteiger charge is 2.66. The van der Waals surface area contributed by atoms with Crippen LogP contribution < -0.4 is 5.32 Å². The van der Waals surface area contributed by atoms with Crippen LogP contribution >= 0.6 is 0 Å². The number of ether oxygens (including phenoxy) is 1. The molecule has 1 saturated carbocycles. The van der Waals surface area contributed by atoms with Gasteiger partial charge in [-0.05, 0) is 48.4 Å². The van der Waals surface area contributed by atoms with Gasteiger partial charge in [0, 0.05) is 17.5 Å². The maximum Gasteiger partial charge on any atom is 0.322 e. The molecule has 1 fully saturated rings. The molecule has 1 aliphatic heterocycles. The molecule has 0 bridgehead atoms. The number of fused-ring (bicyclic) bond motifs is 3. The lowest BCUT2D eigenvalue weighted by Crippen LogP contribution is -2.50. The van der Waals surface area contributed by atoms with Crippen molar-refractivity contribution in [1.82, 2.24) is 0 Å². The van der Waals surface area contributed by atoms with E-state index < -0.39 is 23.2 Å². The summed E-state index contributed by atoms with van der Waals surface area (Å²) in [6.45, 7) is 3.64. The summed E-state index contributed by atoms with van der Waals surface area (Å²) in [5.41, 5.74) is 2.26. The highest BCUT2D eigenvalue weighted by atomic mass is 16.5. The molecule has 2 aromatic carbocycles. The summed E-state index contributed by atoms with van der Waals surface area (Å²) in [7, 11) is 1.30. The van der Waals surface area contributed by atoms with E-state index in [0.717, 1.165) is 17.5 Å². The number of hydrogen-bond donors (Lipinski definition) is 1. The Morgan fingerprint density at radius 2 is 1.83 bits per heavy atom. The molecule has 5 nitrogen and oxygen atoms in total. The summed E-state index contributed by atoms with van der Waals surface area (Å²) < 4.78 is 5.12. The number of esters is 1. The predicted octanol–water partition coefficient (Wildman–Crippen LogP) is 3.84. The molecule has 0 saturated heterocycles. The second kappa shape index (κ2) is 7.14. The van der Waals surface area contributed by atoms with Crippen LogP contribution in [-0.4, -0.2) is 24.8 Å². The second-order valence-electron chi connectivity index (χ2n) is 8.02. The molecule has 0 spiro atoms. The molecule has 29 heavy (non-hydrogen) atoms. The lowest BCUT2D eigenvalue weighted by Gasteiger charge is -2.38. The van der Waals surface area contributed by atoms with Crippen LogP contribution in [0, 0.1) is 11.3 Å². The quantitative estimate of drug-likeness (QED) is 0.635. The zero-order chi connectivity index (χ0) is 20.8. The molecule has 4 rings (SSSR count). The monoisotopic (exact) mass is 391 g/mol. The Morgan fingerprint density at radius 1 is 1.14 bits per heavy atom. The summed E-state index contributed by atoms with van der Waals surface area (Å²) in [5.74, 6) is -2.24. The molecule has 5 heteroatoms. The number of rotatable bonds is 4. The number of carbonyl (C=O) groups excluding carboxylic acids is 3. The number of hydrogen-bond acceptors (Lipinski definition) is 4. The third-order valence-electron chi connectivity index (χ3n) is 6.65. The molecule has 150 valence electrons. The Morgan fingerprint density at radius 3 is 2.45 bits per heavy atom. The van der Waals surface area contributed by atoms with Crippen LogP contribution in [0.3, 0.4) is 0 Å². The largest absolute Gasteiger partial charge is 0.468 e. The zero-order valence-corrected chi connectivity index (χ0v) is 16.9. The molecule has 1 aliphatic carbocycles. The Bertz CT molecular complexity index is 981. The summed E-state index contributed by atoms with van der Waals surface area (Å²) in [4.78, 5) is 39.2. The molecule has 2 aromatic rings. The van der Waals surface area contributed by atoms with Gasteiger partial charge in [-0.15, -0.1) is 0 Å². The zero-order valence-electron chi connectivity index (χ0n) is 16.9. The van der Waals surface area contributed by atoms with E-state index in [1.54, 1.807) is 6.92 Å². The number of benzene rings is 2. The second-order valence-corrected chi connectivity index (χ2v) is 8.02. The number of methoxy groups -OCH3 is 1. The first-order chi connectivity index (χ1) is 13.9. The van der Waals surface area contributed by atoms with Crippen molar-refractivity contribution in [2.45, 2.75) is 38.5 Å². The molecule has 1 amide bonds. The number of Topliss-reactive ketones (excluding diaryl/α,β-unsaturated/α-hetero) is 1. The van der Waals surface area contributed by atoms with Crippen molar-refractivity contribution in [2.75, 3.05) is 12.4 Å². The maximum absolute atomic E-state index is 13.3. The van der Waals surface area contributed by atoms with E-state index in [-0.39, 0.29) is 24.0 Å². The van der Waals surface area contributed by atoms with Gasteiger partial charge in [0.25, 0.3) is 0 Å². The minimum atomic E-state index is -1.41. The van der Waals surface area contributed by atoms with E-state index in [0.29, 0.717) is 5.69 Å². The highest BCUT2D eigenvalue weighted by molar-refractivity contribution is 6.13. The van der Waals surface area contributed by atoms with Gasteiger partial charge in [0.15, 0.2) is 5.41 Å². The van der Waals surface area contributed by atoms with Crippen LogP contribution in [0.4, 0.5) is 5.69 Å². The molecule has 4 atom stereocenters. The topological polar surface area (TPSA) is 72.5 Å². The first kappa shape index (κ1) is 19.4. The number of anilines is 1. The van der Waals surface area contributed by atoms with Gasteiger partial charge < -0.3 is 10.1 Å². The molecule has 0 aromatic heterocycles. The van der Waals surface area contributed by atoms with Crippen LogP contribution in [0.15, 0.2) is 48.5 Å². The molecular formula is C24H25NO4.